The van der Waals surface area contributed by atoms with Gasteiger partial charge in [0.25, 0.3) is 0 Å². The van der Waals surface area contributed by atoms with Gasteiger partial charge >= 0.3 is 0 Å². The van der Waals surface area contributed by atoms with E-state index in [0.29, 0.717) is 0 Å². The molecular weight excluding hydrogens is 270 g/mol. The van der Waals surface area contributed by atoms with Crippen LogP contribution in [0.2, 0.25) is 0 Å². The lowest BCUT2D eigenvalue weighted by molar-refractivity contribution is 0.201. The van der Waals surface area contributed by atoms with Crippen molar-refractivity contribution in [2.45, 2.75) is 12.5 Å². The summed E-state index contributed by atoms with van der Waals surface area (Å²) in [6.07, 6.45) is 2.71. The predicted octanol–water partition coefficient (Wildman–Crippen LogP) is 4.22. The van der Waals surface area contributed by atoms with Crippen molar-refractivity contribution in [3.63, 3.8) is 0 Å². The molecule has 20 heavy (non-hydrogen) atoms. The Labute approximate surface area is 122 Å². The summed E-state index contributed by atoms with van der Waals surface area (Å²) >= 11 is 1.73. The molecule has 0 bridgehead atoms. The van der Waals surface area contributed by atoms with Gasteiger partial charge in [-0.2, -0.15) is 0 Å². The van der Waals surface area contributed by atoms with Gasteiger partial charge in [0.1, 0.15) is 17.4 Å². The number of nitrogens with one attached hydrogen (secondary N) is 1. The molecule has 0 aliphatic rings. The lowest BCUT2D eigenvalue weighted by Crippen LogP contribution is -2.15. The van der Waals surface area contributed by atoms with Gasteiger partial charge < -0.3 is 14.5 Å². The van der Waals surface area contributed by atoms with Crippen LogP contribution in [-0.4, -0.2) is 13.6 Å². The van der Waals surface area contributed by atoms with Crippen molar-refractivity contribution in [1.82, 2.24) is 5.32 Å². The molecule has 1 aromatic carbocycles. The Hall–Kier alpha value is -1.78. The third kappa shape index (κ3) is 2.71. The highest BCUT2D eigenvalue weighted by Gasteiger charge is 2.16. The maximum Gasteiger partial charge on any atom is 0.137 e. The quantitative estimate of drug-likeness (QED) is 0.737. The molecule has 0 fully saturated rings. The molecule has 0 radical (unpaired) electrons. The number of thiophene rings is 1. The molecule has 0 aliphatic carbocycles. The Bertz CT molecular complexity index is 660. The number of ether oxygens (including phenoxy) is 1. The lowest BCUT2D eigenvalue weighted by Gasteiger charge is -2.18. The lowest BCUT2D eigenvalue weighted by atomic mass is 10.2. The van der Waals surface area contributed by atoms with E-state index in [1.807, 2.05) is 31.3 Å². The molecule has 2 heterocycles. The Morgan fingerprint density at radius 2 is 2.20 bits per heavy atom. The van der Waals surface area contributed by atoms with Crippen molar-refractivity contribution in [3.05, 3.63) is 52.9 Å². The standard InChI is InChI=1S/C16H17NO2S/c1-17-9-7-15(16-6-3-11-20-16)19-14-5-2-4-13-12(14)8-10-18-13/h2-6,8,10-11,15,17H,7,9H2,1H3. The maximum absolute atomic E-state index is 6.24. The summed E-state index contributed by atoms with van der Waals surface area (Å²) in [6, 6.07) is 12.1. The minimum Gasteiger partial charge on any atom is -0.484 e. The zero-order valence-electron chi connectivity index (χ0n) is 11.3. The zero-order chi connectivity index (χ0) is 13.8. The molecule has 0 spiro atoms. The number of rotatable bonds is 6. The highest BCUT2D eigenvalue weighted by Crippen LogP contribution is 2.33. The first-order valence-electron chi connectivity index (χ1n) is 6.69. The molecule has 1 atom stereocenters. The third-order valence-corrected chi connectivity index (χ3v) is 4.21. The van der Waals surface area contributed by atoms with E-state index in [4.69, 9.17) is 9.15 Å². The topological polar surface area (TPSA) is 34.4 Å². The minimum atomic E-state index is 0.0722. The first-order valence-corrected chi connectivity index (χ1v) is 7.57. The molecule has 0 saturated carbocycles. The second-order valence-electron chi connectivity index (χ2n) is 4.60. The van der Waals surface area contributed by atoms with E-state index in [1.165, 1.54) is 4.88 Å². The van der Waals surface area contributed by atoms with Crippen LogP contribution in [0.5, 0.6) is 5.75 Å². The first-order chi connectivity index (χ1) is 9.88. The van der Waals surface area contributed by atoms with Crippen LogP contribution >= 0.6 is 11.3 Å². The van der Waals surface area contributed by atoms with Gasteiger partial charge in [-0.1, -0.05) is 12.1 Å². The van der Waals surface area contributed by atoms with Crippen LogP contribution in [0, 0.1) is 0 Å². The minimum absolute atomic E-state index is 0.0722. The maximum atomic E-state index is 6.24. The van der Waals surface area contributed by atoms with E-state index in [1.54, 1.807) is 17.6 Å². The van der Waals surface area contributed by atoms with Crippen LogP contribution in [0.3, 0.4) is 0 Å². The second-order valence-corrected chi connectivity index (χ2v) is 5.58. The van der Waals surface area contributed by atoms with E-state index in [-0.39, 0.29) is 6.10 Å². The first kappa shape index (κ1) is 13.2. The second kappa shape index (κ2) is 6.11. The fourth-order valence-corrected chi connectivity index (χ4v) is 3.02. The van der Waals surface area contributed by atoms with Crippen LogP contribution in [-0.2, 0) is 0 Å². The molecule has 104 valence electrons. The fraction of sp³-hybridized carbons (Fsp3) is 0.250. The summed E-state index contributed by atoms with van der Waals surface area (Å²) in [4.78, 5) is 1.25. The molecule has 0 aliphatic heterocycles. The monoisotopic (exact) mass is 287 g/mol. The fourth-order valence-electron chi connectivity index (χ4n) is 2.23. The van der Waals surface area contributed by atoms with Crippen LogP contribution < -0.4 is 10.1 Å². The molecule has 3 rings (SSSR count). The Balaban J connectivity index is 1.87. The molecule has 0 amide bonds. The van der Waals surface area contributed by atoms with E-state index >= 15 is 0 Å². The van der Waals surface area contributed by atoms with Gasteiger partial charge in [-0.15, -0.1) is 11.3 Å². The van der Waals surface area contributed by atoms with Crippen LogP contribution in [0.25, 0.3) is 11.0 Å². The number of furan rings is 1. The largest absolute Gasteiger partial charge is 0.484 e. The molecule has 3 aromatic rings. The zero-order valence-corrected chi connectivity index (χ0v) is 12.2. The van der Waals surface area contributed by atoms with E-state index in [0.717, 1.165) is 29.7 Å². The van der Waals surface area contributed by atoms with Gasteiger partial charge in [-0.25, -0.2) is 0 Å². The number of fused-ring (bicyclic) bond motifs is 1. The molecule has 2 aromatic heterocycles. The van der Waals surface area contributed by atoms with Crippen LogP contribution in [0.15, 0.2) is 52.5 Å². The third-order valence-electron chi connectivity index (χ3n) is 3.24. The Morgan fingerprint density at radius 3 is 3.00 bits per heavy atom. The van der Waals surface area contributed by atoms with Crippen molar-refractivity contribution in [3.8, 4) is 5.75 Å². The van der Waals surface area contributed by atoms with Gasteiger partial charge in [0.05, 0.1) is 11.6 Å². The average Bonchev–Trinajstić information content (AvgIpc) is 3.14. The van der Waals surface area contributed by atoms with Crippen molar-refractivity contribution < 1.29 is 9.15 Å². The van der Waals surface area contributed by atoms with Crippen LogP contribution in [0.4, 0.5) is 0 Å². The summed E-state index contributed by atoms with van der Waals surface area (Å²) in [5.41, 5.74) is 0.862. The van der Waals surface area contributed by atoms with E-state index < -0.39 is 0 Å². The van der Waals surface area contributed by atoms with Gasteiger partial charge in [-0.05, 0) is 43.2 Å². The van der Waals surface area contributed by atoms with Crippen molar-refractivity contribution in [1.29, 1.82) is 0 Å². The predicted molar refractivity (Wildman–Crippen MR) is 82.4 cm³/mol. The summed E-state index contributed by atoms with van der Waals surface area (Å²) < 4.78 is 11.7. The summed E-state index contributed by atoms with van der Waals surface area (Å²) in [6.45, 7) is 0.921. The Kier molecular flexibility index (Phi) is 4.04. The van der Waals surface area contributed by atoms with Crippen molar-refractivity contribution in [2.24, 2.45) is 0 Å². The van der Waals surface area contributed by atoms with Crippen molar-refractivity contribution >= 4 is 22.3 Å². The van der Waals surface area contributed by atoms with Gasteiger partial charge in [0, 0.05) is 11.3 Å². The van der Waals surface area contributed by atoms with Gasteiger partial charge in [-0.3, -0.25) is 0 Å². The van der Waals surface area contributed by atoms with Crippen LogP contribution in [0.1, 0.15) is 17.4 Å². The van der Waals surface area contributed by atoms with E-state index in [9.17, 15) is 0 Å². The smallest absolute Gasteiger partial charge is 0.137 e. The number of hydrogen-bond donors (Lipinski definition) is 1. The summed E-state index contributed by atoms with van der Waals surface area (Å²) in [5.74, 6) is 0.880. The highest BCUT2D eigenvalue weighted by atomic mass is 32.1. The molecular formula is C16H17NO2S. The molecule has 0 saturated heterocycles. The number of benzene rings is 1. The molecule has 4 heteroatoms. The molecule has 1 N–H and O–H groups in total. The van der Waals surface area contributed by atoms with E-state index in [2.05, 4.69) is 22.8 Å². The average molecular weight is 287 g/mol. The molecule has 1 unspecified atom stereocenters. The van der Waals surface area contributed by atoms with Crippen molar-refractivity contribution in [2.75, 3.05) is 13.6 Å². The summed E-state index contributed by atoms with van der Waals surface area (Å²) in [5, 5.41) is 6.30. The number of hydrogen-bond acceptors (Lipinski definition) is 4. The SMILES string of the molecule is CNCCC(Oc1cccc2occc12)c1cccs1. The van der Waals surface area contributed by atoms with Gasteiger partial charge in [0.2, 0.25) is 0 Å². The van der Waals surface area contributed by atoms with Gasteiger partial charge in [0.15, 0.2) is 0 Å². The normalized spacial score (nSPS) is 12.7. The highest BCUT2D eigenvalue weighted by molar-refractivity contribution is 7.10. The Morgan fingerprint density at radius 1 is 1.25 bits per heavy atom. The molecule has 3 nitrogen and oxygen atoms in total. The summed E-state index contributed by atoms with van der Waals surface area (Å²) in [7, 11) is 1.96.